The summed E-state index contributed by atoms with van der Waals surface area (Å²) in [5.41, 5.74) is 1.42. The number of ether oxygens (including phenoxy) is 3. The highest BCUT2D eigenvalue weighted by molar-refractivity contribution is 8.18. The molecule has 156 valence electrons. The molecular weight excluding hydrogens is 408 g/mol. The molecule has 0 unspecified atom stereocenters. The molecule has 0 spiro atoms. The van der Waals surface area contributed by atoms with Crippen molar-refractivity contribution < 1.29 is 28.9 Å². The van der Waals surface area contributed by atoms with Gasteiger partial charge in [0.2, 0.25) is 0 Å². The van der Waals surface area contributed by atoms with Crippen LogP contribution in [0.1, 0.15) is 5.56 Å². The number of amides is 1. The molecule has 30 heavy (non-hydrogen) atoms. The summed E-state index contributed by atoms with van der Waals surface area (Å²) in [6, 6.07) is 12.2. The van der Waals surface area contributed by atoms with Gasteiger partial charge in [-0.2, -0.15) is 0 Å². The van der Waals surface area contributed by atoms with Gasteiger partial charge in [0.05, 0.1) is 24.8 Å². The molecule has 1 aliphatic rings. The zero-order valence-electron chi connectivity index (χ0n) is 16.6. The van der Waals surface area contributed by atoms with E-state index in [1.54, 1.807) is 50.6 Å². The molecule has 1 heterocycles. The maximum Gasteiger partial charge on any atom is 0.341 e. The fourth-order valence-electron chi connectivity index (χ4n) is 2.60. The van der Waals surface area contributed by atoms with E-state index in [1.165, 1.54) is 23.8 Å². The predicted octanol–water partition coefficient (Wildman–Crippen LogP) is 3.40. The first-order valence-corrected chi connectivity index (χ1v) is 9.66. The summed E-state index contributed by atoms with van der Waals surface area (Å²) in [5.74, 6) is 0.168. The Morgan fingerprint density at radius 1 is 1.13 bits per heavy atom. The van der Waals surface area contributed by atoms with Gasteiger partial charge in [0, 0.05) is 7.05 Å². The van der Waals surface area contributed by atoms with Crippen LogP contribution in [0.5, 0.6) is 17.2 Å². The summed E-state index contributed by atoms with van der Waals surface area (Å²) in [7, 11) is 4.72. The highest BCUT2D eigenvalue weighted by Gasteiger charge is 2.30. The van der Waals surface area contributed by atoms with Crippen molar-refractivity contribution in [1.82, 2.24) is 4.90 Å². The number of carboxylic acid groups (broad SMARTS) is 1. The number of hydrogen-bond acceptors (Lipinski definition) is 7. The third-order valence-electron chi connectivity index (χ3n) is 4.14. The Balaban J connectivity index is 1.82. The summed E-state index contributed by atoms with van der Waals surface area (Å²) >= 11 is 1.26. The number of carbonyl (C=O) groups is 2. The second-order valence-electron chi connectivity index (χ2n) is 6.16. The standard InChI is InChI=1S/C21H20N2O6S/c1-23-20(26)18(30-21(23)22-14-5-7-15(27-2)8-6-14)11-13-4-9-16(17(10-13)28-3)29-12-19(24)25/h4-11H,12H2,1-3H3,(H,24,25)/b18-11+,22-21?. The molecule has 1 aliphatic heterocycles. The van der Waals surface area contributed by atoms with E-state index in [2.05, 4.69) is 4.99 Å². The molecule has 0 bridgehead atoms. The SMILES string of the molecule is COc1ccc(N=C2S/C(=C/c3ccc(OCC(=O)O)c(OC)c3)C(=O)N2C)cc1. The molecule has 1 fully saturated rings. The average molecular weight is 428 g/mol. The minimum Gasteiger partial charge on any atom is -0.497 e. The monoisotopic (exact) mass is 428 g/mol. The Bertz CT molecular complexity index is 1020. The van der Waals surface area contributed by atoms with Crippen LogP contribution in [0.15, 0.2) is 52.4 Å². The number of thioether (sulfide) groups is 1. The molecule has 0 saturated carbocycles. The van der Waals surface area contributed by atoms with Gasteiger partial charge in [-0.05, 0) is 59.8 Å². The Labute approximate surface area is 177 Å². The second kappa shape index (κ2) is 9.36. The van der Waals surface area contributed by atoms with Crippen LogP contribution in [0, 0.1) is 0 Å². The number of hydrogen-bond donors (Lipinski definition) is 1. The zero-order chi connectivity index (χ0) is 21.7. The smallest absolute Gasteiger partial charge is 0.341 e. The molecule has 2 aromatic rings. The third-order valence-corrected chi connectivity index (χ3v) is 5.20. The van der Waals surface area contributed by atoms with Crippen molar-refractivity contribution in [3.8, 4) is 17.2 Å². The second-order valence-corrected chi connectivity index (χ2v) is 7.17. The van der Waals surface area contributed by atoms with E-state index in [4.69, 9.17) is 19.3 Å². The average Bonchev–Trinajstić information content (AvgIpc) is 3.00. The molecule has 3 rings (SSSR count). The van der Waals surface area contributed by atoms with Crippen molar-refractivity contribution in [2.75, 3.05) is 27.9 Å². The van der Waals surface area contributed by atoms with Crippen molar-refractivity contribution >= 4 is 40.6 Å². The van der Waals surface area contributed by atoms with Crippen LogP contribution in [0.3, 0.4) is 0 Å². The minimum atomic E-state index is -1.08. The number of rotatable bonds is 7. The van der Waals surface area contributed by atoms with Crippen LogP contribution in [-0.2, 0) is 9.59 Å². The molecule has 1 amide bonds. The van der Waals surface area contributed by atoms with E-state index >= 15 is 0 Å². The highest BCUT2D eigenvalue weighted by atomic mass is 32.2. The zero-order valence-corrected chi connectivity index (χ0v) is 17.4. The Kier molecular flexibility index (Phi) is 6.63. The van der Waals surface area contributed by atoms with E-state index in [1.807, 2.05) is 12.1 Å². The first kappa shape index (κ1) is 21.3. The number of likely N-dealkylation sites (N-methyl/N-ethyl adjacent to an activating group) is 1. The third kappa shape index (κ3) is 4.93. The normalized spacial score (nSPS) is 16.2. The Morgan fingerprint density at radius 2 is 1.87 bits per heavy atom. The van der Waals surface area contributed by atoms with Gasteiger partial charge in [0.1, 0.15) is 5.75 Å². The van der Waals surface area contributed by atoms with Gasteiger partial charge in [0.15, 0.2) is 23.3 Å². The Hall–Kier alpha value is -3.46. The lowest BCUT2D eigenvalue weighted by atomic mass is 10.2. The van der Waals surface area contributed by atoms with E-state index in [0.29, 0.717) is 32.8 Å². The van der Waals surface area contributed by atoms with Crippen molar-refractivity contribution in [3.63, 3.8) is 0 Å². The minimum absolute atomic E-state index is 0.169. The van der Waals surface area contributed by atoms with Gasteiger partial charge in [0.25, 0.3) is 5.91 Å². The van der Waals surface area contributed by atoms with Gasteiger partial charge in [-0.3, -0.25) is 9.69 Å². The number of aliphatic carboxylic acids is 1. The molecule has 1 N–H and O–H groups in total. The summed E-state index contributed by atoms with van der Waals surface area (Å²) in [5, 5.41) is 9.32. The van der Waals surface area contributed by atoms with E-state index in [-0.39, 0.29) is 5.91 Å². The maximum atomic E-state index is 12.6. The summed E-state index contributed by atoms with van der Waals surface area (Å²) in [6.45, 7) is -0.471. The van der Waals surface area contributed by atoms with E-state index in [9.17, 15) is 9.59 Å². The topological polar surface area (TPSA) is 97.7 Å². The van der Waals surface area contributed by atoms with Crippen LogP contribution >= 0.6 is 11.8 Å². The van der Waals surface area contributed by atoms with Gasteiger partial charge in [-0.15, -0.1) is 0 Å². The molecule has 2 aromatic carbocycles. The fraction of sp³-hybridized carbons (Fsp3) is 0.190. The molecular formula is C21H20N2O6S. The van der Waals surface area contributed by atoms with Crippen LogP contribution in [0.2, 0.25) is 0 Å². The quantitative estimate of drug-likeness (QED) is 0.675. The van der Waals surface area contributed by atoms with Crippen molar-refractivity contribution in [2.45, 2.75) is 0 Å². The molecule has 0 aromatic heterocycles. The van der Waals surface area contributed by atoms with Gasteiger partial charge < -0.3 is 19.3 Å². The predicted molar refractivity (Wildman–Crippen MR) is 115 cm³/mol. The van der Waals surface area contributed by atoms with Gasteiger partial charge in [-0.1, -0.05) is 6.07 Å². The first-order valence-electron chi connectivity index (χ1n) is 8.84. The molecule has 9 heteroatoms. The van der Waals surface area contributed by atoms with E-state index in [0.717, 1.165) is 5.75 Å². The number of carbonyl (C=O) groups excluding carboxylic acids is 1. The van der Waals surface area contributed by atoms with E-state index < -0.39 is 12.6 Å². The Morgan fingerprint density at radius 3 is 2.50 bits per heavy atom. The number of aliphatic imine (C=N–C) groups is 1. The number of methoxy groups -OCH3 is 2. The molecule has 0 atom stereocenters. The molecule has 0 aliphatic carbocycles. The van der Waals surface area contributed by atoms with Crippen LogP contribution in [0.4, 0.5) is 5.69 Å². The lowest BCUT2D eigenvalue weighted by Crippen LogP contribution is -2.23. The van der Waals surface area contributed by atoms with Crippen molar-refractivity contribution in [3.05, 3.63) is 52.9 Å². The molecule has 8 nitrogen and oxygen atoms in total. The highest BCUT2D eigenvalue weighted by Crippen LogP contribution is 2.35. The molecule has 1 saturated heterocycles. The van der Waals surface area contributed by atoms with Crippen LogP contribution < -0.4 is 14.2 Å². The first-order chi connectivity index (χ1) is 14.4. The summed E-state index contributed by atoms with van der Waals surface area (Å²) < 4.78 is 15.6. The number of carboxylic acids is 1. The number of nitrogens with zero attached hydrogens (tertiary/aromatic N) is 2. The van der Waals surface area contributed by atoms with Crippen LogP contribution in [-0.4, -0.2) is 54.9 Å². The number of amidine groups is 1. The van der Waals surface area contributed by atoms with Crippen LogP contribution in [0.25, 0.3) is 6.08 Å². The van der Waals surface area contributed by atoms with Gasteiger partial charge >= 0.3 is 5.97 Å². The fourth-order valence-corrected chi connectivity index (χ4v) is 3.59. The number of benzene rings is 2. The maximum absolute atomic E-state index is 12.6. The lowest BCUT2D eigenvalue weighted by Gasteiger charge is -2.09. The molecule has 0 radical (unpaired) electrons. The summed E-state index contributed by atoms with van der Waals surface area (Å²) in [4.78, 5) is 29.8. The van der Waals surface area contributed by atoms with Crippen molar-refractivity contribution in [1.29, 1.82) is 0 Å². The largest absolute Gasteiger partial charge is 0.497 e. The lowest BCUT2D eigenvalue weighted by molar-refractivity contribution is -0.139. The van der Waals surface area contributed by atoms with Gasteiger partial charge in [-0.25, -0.2) is 9.79 Å². The summed E-state index contributed by atoms with van der Waals surface area (Å²) in [6.07, 6.45) is 1.73. The van der Waals surface area contributed by atoms with Crippen molar-refractivity contribution in [2.24, 2.45) is 4.99 Å².